The maximum absolute atomic E-state index is 12.5. The SMILES string of the molecule is CCN1CCN(C(=O)Cc2csc(C)n2)CC1c1ncc[nH]1. The van der Waals surface area contributed by atoms with Crippen molar-refractivity contribution in [3.8, 4) is 0 Å². The van der Waals surface area contributed by atoms with Crippen LogP contribution >= 0.6 is 11.3 Å². The lowest BCUT2D eigenvalue weighted by Gasteiger charge is -2.40. The number of carbonyl (C=O) groups is 1. The minimum absolute atomic E-state index is 0.148. The summed E-state index contributed by atoms with van der Waals surface area (Å²) in [6.45, 7) is 7.40. The molecule has 0 spiro atoms. The fraction of sp³-hybridized carbons (Fsp3) is 0.533. The molecule has 1 atom stereocenters. The maximum Gasteiger partial charge on any atom is 0.228 e. The first-order valence-electron chi connectivity index (χ1n) is 7.59. The van der Waals surface area contributed by atoms with E-state index in [4.69, 9.17) is 0 Å². The van der Waals surface area contributed by atoms with Crippen molar-refractivity contribution in [2.24, 2.45) is 0 Å². The van der Waals surface area contributed by atoms with Gasteiger partial charge >= 0.3 is 0 Å². The minimum atomic E-state index is 0.148. The predicted octanol–water partition coefficient (Wildman–Crippen LogP) is 1.62. The molecule has 1 N–H and O–H groups in total. The van der Waals surface area contributed by atoms with Crippen molar-refractivity contribution >= 4 is 17.2 Å². The van der Waals surface area contributed by atoms with Gasteiger partial charge in [0.1, 0.15) is 5.82 Å². The molecule has 0 radical (unpaired) electrons. The molecule has 1 aliphatic heterocycles. The fourth-order valence-electron chi connectivity index (χ4n) is 2.90. The first-order chi connectivity index (χ1) is 10.7. The lowest BCUT2D eigenvalue weighted by Crippen LogP contribution is -2.51. The highest BCUT2D eigenvalue weighted by atomic mass is 32.1. The number of nitrogens with one attached hydrogen (secondary N) is 1. The zero-order valence-corrected chi connectivity index (χ0v) is 13.8. The minimum Gasteiger partial charge on any atom is -0.347 e. The molecule has 1 fully saturated rings. The predicted molar refractivity (Wildman–Crippen MR) is 85.7 cm³/mol. The molecule has 0 aliphatic carbocycles. The number of thiazole rings is 1. The number of aryl methyl sites for hydroxylation is 1. The molecule has 1 unspecified atom stereocenters. The third kappa shape index (κ3) is 3.20. The zero-order chi connectivity index (χ0) is 15.5. The van der Waals surface area contributed by atoms with Gasteiger partial charge in [0.25, 0.3) is 0 Å². The molecule has 2 aromatic rings. The topological polar surface area (TPSA) is 65.1 Å². The second kappa shape index (κ2) is 6.58. The highest BCUT2D eigenvalue weighted by Crippen LogP contribution is 2.23. The molecule has 0 aromatic carbocycles. The number of amides is 1. The number of rotatable bonds is 4. The summed E-state index contributed by atoms with van der Waals surface area (Å²) in [5.74, 6) is 1.08. The van der Waals surface area contributed by atoms with E-state index in [9.17, 15) is 4.79 Å². The molecular formula is C15H21N5OS. The monoisotopic (exact) mass is 319 g/mol. The Bertz CT molecular complexity index is 624. The highest BCUT2D eigenvalue weighted by molar-refractivity contribution is 7.09. The summed E-state index contributed by atoms with van der Waals surface area (Å²) in [5, 5.41) is 2.98. The van der Waals surface area contributed by atoms with Crippen LogP contribution in [-0.2, 0) is 11.2 Å². The Labute approximate surface area is 134 Å². The van der Waals surface area contributed by atoms with Gasteiger partial charge in [0.05, 0.1) is 23.2 Å². The van der Waals surface area contributed by atoms with E-state index in [0.717, 1.165) is 36.2 Å². The summed E-state index contributed by atoms with van der Waals surface area (Å²) >= 11 is 1.59. The highest BCUT2D eigenvalue weighted by Gasteiger charge is 2.31. The van der Waals surface area contributed by atoms with Crippen LogP contribution in [0.3, 0.4) is 0 Å². The standard InChI is InChI=1S/C15H21N5OS/c1-3-19-6-7-20(9-13(19)15-16-4-5-17-15)14(21)8-12-10-22-11(2)18-12/h4-5,10,13H,3,6-9H2,1-2H3,(H,16,17). The molecule has 1 amide bonds. The first-order valence-corrected chi connectivity index (χ1v) is 8.47. The average Bonchev–Trinajstić information content (AvgIpc) is 3.18. The smallest absolute Gasteiger partial charge is 0.228 e. The lowest BCUT2D eigenvalue weighted by molar-refractivity contribution is -0.133. The Morgan fingerprint density at radius 3 is 3.00 bits per heavy atom. The number of hydrogen-bond acceptors (Lipinski definition) is 5. The van der Waals surface area contributed by atoms with E-state index in [1.54, 1.807) is 17.5 Å². The van der Waals surface area contributed by atoms with Crippen molar-refractivity contribution in [3.05, 3.63) is 34.3 Å². The van der Waals surface area contributed by atoms with Gasteiger partial charge in [0.2, 0.25) is 5.91 Å². The summed E-state index contributed by atoms with van der Waals surface area (Å²) < 4.78 is 0. The lowest BCUT2D eigenvalue weighted by atomic mass is 10.1. The molecule has 3 heterocycles. The number of aromatic amines is 1. The van der Waals surface area contributed by atoms with Gasteiger partial charge in [-0.1, -0.05) is 6.92 Å². The number of carbonyl (C=O) groups excluding carboxylic acids is 1. The summed E-state index contributed by atoms with van der Waals surface area (Å²) in [6.07, 6.45) is 3.99. The van der Waals surface area contributed by atoms with E-state index >= 15 is 0 Å². The van der Waals surface area contributed by atoms with Gasteiger partial charge < -0.3 is 9.88 Å². The van der Waals surface area contributed by atoms with Gasteiger partial charge in [-0.15, -0.1) is 11.3 Å². The van der Waals surface area contributed by atoms with Gasteiger partial charge in [-0.05, 0) is 13.5 Å². The molecule has 1 aliphatic rings. The number of imidazole rings is 1. The molecule has 0 bridgehead atoms. The van der Waals surface area contributed by atoms with Gasteiger partial charge in [-0.2, -0.15) is 0 Å². The summed E-state index contributed by atoms with van der Waals surface area (Å²) in [5.41, 5.74) is 0.875. The van der Waals surface area contributed by atoms with Crippen LogP contribution in [0.25, 0.3) is 0 Å². The van der Waals surface area contributed by atoms with Crippen molar-refractivity contribution in [3.63, 3.8) is 0 Å². The summed E-state index contributed by atoms with van der Waals surface area (Å²) in [4.78, 5) is 28.8. The van der Waals surface area contributed by atoms with Gasteiger partial charge in [0.15, 0.2) is 0 Å². The Hall–Kier alpha value is -1.73. The Kier molecular flexibility index (Phi) is 4.54. The molecule has 118 valence electrons. The van der Waals surface area contributed by atoms with Crippen LogP contribution in [0.1, 0.15) is 29.5 Å². The summed E-state index contributed by atoms with van der Waals surface area (Å²) in [7, 11) is 0. The molecule has 7 heteroatoms. The maximum atomic E-state index is 12.5. The molecule has 2 aromatic heterocycles. The number of H-pyrrole nitrogens is 1. The Morgan fingerprint density at radius 2 is 2.36 bits per heavy atom. The van der Waals surface area contributed by atoms with Crippen LogP contribution in [0, 0.1) is 6.92 Å². The number of aromatic nitrogens is 3. The van der Waals surface area contributed by atoms with E-state index in [1.807, 2.05) is 23.4 Å². The second-order valence-electron chi connectivity index (χ2n) is 5.49. The molecule has 6 nitrogen and oxygen atoms in total. The third-order valence-electron chi connectivity index (χ3n) is 4.08. The van der Waals surface area contributed by atoms with Crippen molar-refractivity contribution in [1.82, 2.24) is 24.8 Å². The van der Waals surface area contributed by atoms with Gasteiger partial charge in [-0.25, -0.2) is 9.97 Å². The first kappa shape index (κ1) is 15.2. The molecule has 3 rings (SSSR count). The summed E-state index contributed by atoms with van der Waals surface area (Å²) in [6, 6.07) is 0.148. The zero-order valence-electron chi connectivity index (χ0n) is 13.0. The van der Waals surface area contributed by atoms with Crippen molar-refractivity contribution in [2.75, 3.05) is 26.2 Å². The fourth-order valence-corrected chi connectivity index (χ4v) is 3.51. The second-order valence-corrected chi connectivity index (χ2v) is 6.56. The van der Waals surface area contributed by atoms with Crippen LogP contribution in [0.15, 0.2) is 17.8 Å². The molecular weight excluding hydrogens is 298 g/mol. The van der Waals surface area contributed by atoms with Gasteiger partial charge in [-0.3, -0.25) is 9.69 Å². The largest absolute Gasteiger partial charge is 0.347 e. The number of piperazine rings is 1. The Balaban J connectivity index is 1.68. The van der Waals surface area contributed by atoms with Crippen LogP contribution in [0.2, 0.25) is 0 Å². The molecule has 0 saturated carbocycles. The molecule has 1 saturated heterocycles. The van der Waals surface area contributed by atoms with E-state index in [1.165, 1.54) is 0 Å². The van der Waals surface area contributed by atoms with Crippen LogP contribution < -0.4 is 0 Å². The van der Waals surface area contributed by atoms with Crippen LogP contribution in [0.5, 0.6) is 0 Å². The number of hydrogen-bond donors (Lipinski definition) is 1. The van der Waals surface area contributed by atoms with Crippen molar-refractivity contribution < 1.29 is 4.79 Å². The van der Waals surface area contributed by atoms with Crippen LogP contribution in [-0.4, -0.2) is 56.8 Å². The third-order valence-corrected chi connectivity index (χ3v) is 4.91. The number of likely N-dealkylation sites (N-methyl/N-ethyl adjacent to an activating group) is 1. The van der Waals surface area contributed by atoms with Gasteiger partial charge in [0, 0.05) is 37.4 Å². The Morgan fingerprint density at radius 1 is 1.50 bits per heavy atom. The normalized spacial score (nSPS) is 19.5. The van der Waals surface area contributed by atoms with Crippen molar-refractivity contribution in [2.45, 2.75) is 26.3 Å². The van der Waals surface area contributed by atoms with E-state index in [-0.39, 0.29) is 11.9 Å². The quantitative estimate of drug-likeness (QED) is 0.930. The van der Waals surface area contributed by atoms with E-state index in [0.29, 0.717) is 13.0 Å². The average molecular weight is 319 g/mol. The van der Waals surface area contributed by atoms with E-state index in [2.05, 4.69) is 26.8 Å². The number of nitrogens with zero attached hydrogens (tertiary/aromatic N) is 4. The van der Waals surface area contributed by atoms with Crippen molar-refractivity contribution in [1.29, 1.82) is 0 Å². The van der Waals surface area contributed by atoms with Crippen LogP contribution in [0.4, 0.5) is 0 Å². The van der Waals surface area contributed by atoms with E-state index < -0.39 is 0 Å². The molecule has 22 heavy (non-hydrogen) atoms.